The van der Waals surface area contributed by atoms with Crippen LogP contribution in [0.1, 0.15) is 13.3 Å². The van der Waals surface area contributed by atoms with E-state index in [1.54, 1.807) is 11.0 Å². The first-order valence-electron chi connectivity index (χ1n) is 8.26. The molecule has 0 spiro atoms. The molecule has 10 heteroatoms. The zero-order valence-electron chi connectivity index (χ0n) is 14.1. The Morgan fingerprint density at radius 2 is 2.24 bits per heavy atom. The Morgan fingerprint density at radius 1 is 1.56 bits per heavy atom. The highest BCUT2D eigenvalue weighted by atomic mass is 32.1. The van der Waals surface area contributed by atoms with Crippen molar-refractivity contribution in [3.8, 4) is 0 Å². The number of ether oxygens (including phenoxy) is 1. The minimum atomic E-state index is -1.13. The van der Waals surface area contributed by atoms with Crippen molar-refractivity contribution >= 4 is 26.3 Å². The molecule has 1 aliphatic heterocycles. The number of carboxylic acids is 1. The van der Waals surface area contributed by atoms with Crippen molar-refractivity contribution < 1.29 is 29.4 Å². The molecule has 8 nitrogen and oxygen atoms in total. The van der Waals surface area contributed by atoms with Crippen LogP contribution < -0.4 is 5.73 Å². The molecule has 0 radical (unpaired) electrons. The minimum Gasteiger partial charge on any atom is -0.487 e. The number of rotatable bonds is 9. The van der Waals surface area contributed by atoms with Gasteiger partial charge in [-0.15, -0.1) is 0 Å². The number of hydrogen-bond acceptors (Lipinski definition) is 8. The summed E-state index contributed by atoms with van der Waals surface area (Å²) in [6.45, 7) is 2.80. The maximum Gasteiger partial charge on any atom is 0.435 e. The van der Waals surface area contributed by atoms with E-state index in [0.717, 1.165) is 0 Å². The number of carboxylic acid groups (broad SMARTS) is 1. The number of aliphatic hydroxyl groups excluding tert-OH is 1. The number of thiol groups is 1. The number of likely N-dealkylation sites (tertiary alicyclic amines) is 1. The average molecular weight is 372 g/mol. The molecular weight excluding hydrogens is 347 g/mol. The second-order valence-corrected chi connectivity index (χ2v) is 6.55. The van der Waals surface area contributed by atoms with Gasteiger partial charge in [-0.3, -0.25) is 4.90 Å². The van der Waals surface area contributed by atoms with Crippen LogP contribution in [0.5, 0.6) is 0 Å². The van der Waals surface area contributed by atoms with Gasteiger partial charge in [0.15, 0.2) is 0 Å². The smallest absolute Gasteiger partial charge is 0.435 e. The summed E-state index contributed by atoms with van der Waals surface area (Å²) in [6.07, 6.45) is 2.35. The van der Waals surface area contributed by atoms with Gasteiger partial charge in [-0.25, -0.2) is 4.79 Å². The first kappa shape index (κ1) is 20.3. The highest BCUT2D eigenvalue weighted by Crippen LogP contribution is 2.31. The average Bonchev–Trinajstić information content (AvgIpc) is 2.56. The first-order valence-corrected chi connectivity index (χ1v) is 8.89. The SMILES string of the molecule is CCC1C=CC(OC2CN(C(O)C(N)CS)C2)=C(C(=O)O)C1OBO. The van der Waals surface area contributed by atoms with E-state index >= 15 is 0 Å². The molecule has 25 heavy (non-hydrogen) atoms. The third-order valence-corrected chi connectivity index (χ3v) is 4.95. The molecule has 0 saturated carbocycles. The largest absolute Gasteiger partial charge is 0.487 e. The van der Waals surface area contributed by atoms with E-state index in [1.807, 2.05) is 13.0 Å². The van der Waals surface area contributed by atoms with Gasteiger partial charge >= 0.3 is 13.7 Å². The maximum atomic E-state index is 11.7. The Balaban J connectivity index is 2.06. The van der Waals surface area contributed by atoms with E-state index in [0.29, 0.717) is 25.3 Å². The second kappa shape index (κ2) is 9.06. The van der Waals surface area contributed by atoms with Gasteiger partial charge in [-0.05, 0) is 12.5 Å². The standard InChI is InChI=1S/C15H25BN2O6S/c1-2-8-3-4-11(12(15(20)21)13(8)24-16-22)23-9-5-18(6-9)14(19)10(17)7-25/h3-4,8-10,13-14,16,19,22,25H,2,5-7,17H2,1H3,(H,20,21). The van der Waals surface area contributed by atoms with Gasteiger partial charge in [0.25, 0.3) is 0 Å². The van der Waals surface area contributed by atoms with Crippen LogP contribution in [0.15, 0.2) is 23.5 Å². The fourth-order valence-electron chi connectivity index (χ4n) is 3.03. The fraction of sp³-hybridized carbons (Fsp3) is 0.667. The summed E-state index contributed by atoms with van der Waals surface area (Å²) in [6, 6.07) is -0.458. The molecule has 0 amide bonds. The lowest BCUT2D eigenvalue weighted by molar-refractivity contribution is -0.135. The Labute approximate surface area is 153 Å². The maximum absolute atomic E-state index is 11.7. The van der Waals surface area contributed by atoms with Gasteiger partial charge in [0, 0.05) is 24.8 Å². The molecule has 2 aliphatic rings. The predicted molar refractivity (Wildman–Crippen MR) is 96.1 cm³/mol. The van der Waals surface area contributed by atoms with Crippen molar-refractivity contribution in [1.29, 1.82) is 0 Å². The molecule has 0 aromatic carbocycles. The lowest BCUT2D eigenvalue weighted by Crippen LogP contribution is -2.61. The monoisotopic (exact) mass is 372 g/mol. The van der Waals surface area contributed by atoms with Crippen molar-refractivity contribution in [2.24, 2.45) is 11.7 Å². The Morgan fingerprint density at radius 3 is 2.76 bits per heavy atom. The Kier molecular flexibility index (Phi) is 7.35. The molecular formula is C15H25BN2O6S. The second-order valence-electron chi connectivity index (χ2n) is 6.18. The van der Waals surface area contributed by atoms with Crippen molar-refractivity contribution in [2.75, 3.05) is 18.8 Å². The highest BCUT2D eigenvalue weighted by molar-refractivity contribution is 7.80. The molecule has 1 aliphatic carbocycles. The number of nitrogens with zero attached hydrogens (tertiary/aromatic N) is 1. The fourth-order valence-corrected chi connectivity index (χ4v) is 3.22. The number of hydrogen-bond donors (Lipinski definition) is 5. The van der Waals surface area contributed by atoms with Gasteiger partial charge < -0.3 is 30.4 Å². The molecule has 0 aromatic rings. The topological polar surface area (TPSA) is 125 Å². The van der Waals surface area contributed by atoms with E-state index in [1.165, 1.54) is 0 Å². The van der Waals surface area contributed by atoms with Gasteiger partial charge in [-0.1, -0.05) is 13.0 Å². The van der Waals surface area contributed by atoms with Gasteiger partial charge in [-0.2, -0.15) is 12.6 Å². The molecule has 140 valence electrons. The summed E-state index contributed by atoms with van der Waals surface area (Å²) in [4.78, 5) is 13.4. The van der Waals surface area contributed by atoms with E-state index < -0.39 is 32.0 Å². The van der Waals surface area contributed by atoms with E-state index in [2.05, 4.69) is 12.6 Å². The lowest BCUT2D eigenvalue weighted by Gasteiger charge is -2.44. The van der Waals surface area contributed by atoms with Gasteiger partial charge in [0.1, 0.15) is 23.7 Å². The van der Waals surface area contributed by atoms with Crippen LogP contribution in [0, 0.1) is 5.92 Å². The van der Waals surface area contributed by atoms with Crippen LogP contribution in [0.25, 0.3) is 0 Å². The van der Waals surface area contributed by atoms with Crippen LogP contribution in [0.3, 0.4) is 0 Å². The number of carbonyl (C=O) groups is 1. The first-order chi connectivity index (χ1) is 11.9. The van der Waals surface area contributed by atoms with Crippen molar-refractivity contribution in [1.82, 2.24) is 4.90 Å². The lowest BCUT2D eigenvalue weighted by atomic mass is 9.87. The third kappa shape index (κ3) is 4.58. The van der Waals surface area contributed by atoms with Crippen LogP contribution in [0.2, 0.25) is 0 Å². The van der Waals surface area contributed by atoms with Gasteiger partial charge in [0.05, 0.1) is 12.1 Å². The molecule has 1 fully saturated rings. The molecule has 4 atom stereocenters. The zero-order valence-corrected chi connectivity index (χ0v) is 15.0. The summed E-state index contributed by atoms with van der Waals surface area (Å²) in [5.41, 5.74) is 5.76. The summed E-state index contributed by atoms with van der Waals surface area (Å²) in [5.74, 6) is -0.685. The highest BCUT2D eigenvalue weighted by Gasteiger charge is 2.38. The van der Waals surface area contributed by atoms with Crippen molar-refractivity contribution in [2.45, 2.75) is 37.8 Å². The summed E-state index contributed by atoms with van der Waals surface area (Å²) in [7, 11) is -0.565. The molecule has 0 bridgehead atoms. The number of allylic oxidation sites excluding steroid dienone is 1. The summed E-state index contributed by atoms with van der Waals surface area (Å²) >= 11 is 4.06. The predicted octanol–water partition coefficient (Wildman–Crippen LogP) is -1.16. The van der Waals surface area contributed by atoms with Crippen LogP contribution in [-0.4, -0.2) is 77.1 Å². The Bertz CT molecular complexity index is 540. The number of aliphatic hydroxyl groups is 1. The van der Waals surface area contributed by atoms with E-state index in [9.17, 15) is 15.0 Å². The van der Waals surface area contributed by atoms with E-state index in [4.69, 9.17) is 20.1 Å². The van der Waals surface area contributed by atoms with Crippen LogP contribution >= 0.6 is 12.6 Å². The third-order valence-electron chi connectivity index (χ3n) is 4.53. The minimum absolute atomic E-state index is 0.00876. The normalized spacial score (nSPS) is 26.9. The van der Waals surface area contributed by atoms with E-state index in [-0.39, 0.29) is 23.4 Å². The van der Waals surface area contributed by atoms with Crippen molar-refractivity contribution in [3.05, 3.63) is 23.5 Å². The number of aliphatic carboxylic acids is 1. The van der Waals surface area contributed by atoms with Crippen molar-refractivity contribution in [3.63, 3.8) is 0 Å². The summed E-state index contributed by atoms with van der Waals surface area (Å²) in [5, 5.41) is 28.6. The summed E-state index contributed by atoms with van der Waals surface area (Å²) < 4.78 is 11.0. The molecule has 0 aromatic heterocycles. The molecule has 4 unspecified atom stereocenters. The molecule has 5 N–H and O–H groups in total. The molecule has 1 heterocycles. The molecule has 2 rings (SSSR count). The molecule has 1 saturated heterocycles. The zero-order chi connectivity index (χ0) is 18.6. The Hall–Kier alpha value is -1.04. The van der Waals surface area contributed by atoms with Gasteiger partial charge in [0.2, 0.25) is 0 Å². The quantitative estimate of drug-likeness (QED) is 0.254. The van der Waals surface area contributed by atoms with Crippen LogP contribution in [0.4, 0.5) is 0 Å². The van der Waals surface area contributed by atoms with Crippen LogP contribution in [-0.2, 0) is 14.2 Å². The number of nitrogens with two attached hydrogens (primary N) is 1.